The van der Waals surface area contributed by atoms with E-state index in [-0.39, 0.29) is 11.1 Å². The number of rotatable bonds is 7. The molecule has 142 valence electrons. The Balaban J connectivity index is 2.08. The van der Waals surface area contributed by atoms with E-state index in [0.717, 1.165) is 5.56 Å². The van der Waals surface area contributed by atoms with Gasteiger partial charge < -0.3 is 9.84 Å². The van der Waals surface area contributed by atoms with Crippen molar-refractivity contribution in [2.45, 2.75) is 13.3 Å². The number of ether oxygens (including phenoxy) is 1. The van der Waals surface area contributed by atoms with Crippen molar-refractivity contribution in [1.29, 1.82) is 0 Å². The zero-order chi connectivity index (χ0) is 20.1. The van der Waals surface area contributed by atoms with Crippen LogP contribution in [0.1, 0.15) is 34.1 Å². The fourth-order valence-corrected chi connectivity index (χ4v) is 2.86. The van der Waals surface area contributed by atoms with E-state index < -0.39 is 5.97 Å². The van der Waals surface area contributed by atoms with Crippen LogP contribution in [0.5, 0.6) is 5.75 Å². The largest absolute Gasteiger partial charge is 0.489 e. The number of nitrogens with zero attached hydrogens (tertiary/aromatic N) is 2. The lowest BCUT2D eigenvalue weighted by atomic mass is 10.1. The van der Waals surface area contributed by atoms with Crippen LogP contribution in [0.15, 0.2) is 60.0 Å². The summed E-state index contributed by atoms with van der Waals surface area (Å²) in [5, 5.41) is 9.15. The first-order valence-corrected chi connectivity index (χ1v) is 8.84. The number of aromatic carboxylic acids is 1. The van der Waals surface area contributed by atoms with Crippen LogP contribution in [0.4, 0.5) is 0 Å². The maximum absolute atomic E-state index is 12.8. The van der Waals surface area contributed by atoms with Gasteiger partial charge in [0.15, 0.2) is 0 Å². The normalized spacial score (nSPS) is 11.0. The standard InChI is InChI=1S/C22H20N2O4/c1-3-13-28-19-8-6-5-7-15(19)9-11-18-17(4-2)21(25)24-14-16(22(26)27)10-12-20(24)23-18/h3,5-12,14H,1,4,13H2,2H3,(H,26,27)/b11-9+. The van der Waals surface area contributed by atoms with Crippen LogP contribution in [0.2, 0.25) is 0 Å². The zero-order valence-corrected chi connectivity index (χ0v) is 15.5. The Hall–Kier alpha value is -3.67. The maximum atomic E-state index is 12.8. The molecule has 0 aliphatic rings. The van der Waals surface area contributed by atoms with Crippen LogP contribution < -0.4 is 10.3 Å². The van der Waals surface area contributed by atoms with Crippen molar-refractivity contribution >= 4 is 23.8 Å². The number of fused-ring (bicyclic) bond motifs is 1. The number of hydrogen-bond acceptors (Lipinski definition) is 4. The Labute approximate surface area is 162 Å². The summed E-state index contributed by atoms with van der Waals surface area (Å²) in [6.07, 6.45) is 7.08. The molecule has 3 rings (SSSR count). The molecule has 1 N–H and O–H groups in total. The summed E-state index contributed by atoms with van der Waals surface area (Å²) in [6, 6.07) is 10.5. The molecule has 2 heterocycles. The molecule has 2 aromatic heterocycles. The first-order chi connectivity index (χ1) is 13.5. The molecule has 6 nitrogen and oxygen atoms in total. The number of aromatic nitrogens is 2. The van der Waals surface area contributed by atoms with E-state index in [0.29, 0.717) is 35.7 Å². The van der Waals surface area contributed by atoms with E-state index in [4.69, 9.17) is 9.84 Å². The first-order valence-electron chi connectivity index (χ1n) is 8.84. The second kappa shape index (κ2) is 8.35. The second-order valence-electron chi connectivity index (χ2n) is 6.06. The van der Waals surface area contributed by atoms with E-state index in [1.807, 2.05) is 37.3 Å². The lowest BCUT2D eigenvalue weighted by molar-refractivity contribution is 0.0696. The van der Waals surface area contributed by atoms with Gasteiger partial charge in [-0.15, -0.1) is 0 Å². The lowest BCUT2D eigenvalue weighted by Gasteiger charge is -2.09. The van der Waals surface area contributed by atoms with Crippen molar-refractivity contribution in [3.8, 4) is 5.75 Å². The van der Waals surface area contributed by atoms with Crippen molar-refractivity contribution in [1.82, 2.24) is 9.38 Å². The number of carboxylic acid groups (broad SMARTS) is 1. The predicted octanol–water partition coefficient (Wildman–Crippen LogP) is 3.69. The summed E-state index contributed by atoms with van der Waals surface area (Å²) in [6.45, 7) is 5.91. The highest BCUT2D eigenvalue weighted by atomic mass is 16.5. The molecule has 3 aromatic rings. The van der Waals surface area contributed by atoms with Gasteiger partial charge >= 0.3 is 5.97 Å². The highest BCUT2D eigenvalue weighted by molar-refractivity contribution is 5.87. The summed E-state index contributed by atoms with van der Waals surface area (Å²) in [5.74, 6) is -0.382. The maximum Gasteiger partial charge on any atom is 0.337 e. The monoisotopic (exact) mass is 376 g/mol. The smallest absolute Gasteiger partial charge is 0.337 e. The molecule has 0 bridgehead atoms. The average molecular weight is 376 g/mol. The summed E-state index contributed by atoms with van der Waals surface area (Å²) < 4.78 is 6.93. The molecule has 28 heavy (non-hydrogen) atoms. The summed E-state index contributed by atoms with van der Waals surface area (Å²) in [4.78, 5) is 28.6. The molecule has 0 fully saturated rings. The Kier molecular flexibility index (Phi) is 5.69. The van der Waals surface area contributed by atoms with Crippen molar-refractivity contribution in [2.24, 2.45) is 0 Å². The van der Waals surface area contributed by atoms with Crippen molar-refractivity contribution in [3.05, 3.63) is 88.0 Å². The molecule has 6 heteroatoms. The zero-order valence-electron chi connectivity index (χ0n) is 15.5. The molecule has 0 saturated carbocycles. The second-order valence-corrected chi connectivity index (χ2v) is 6.06. The predicted molar refractivity (Wildman–Crippen MR) is 109 cm³/mol. The minimum absolute atomic E-state index is 0.0371. The van der Waals surface area contributed by atoms with E-state index in [1.165, 1.54) is 22.7 Å². The van der Waals surface area contributed by atoms with Crippen LogP contribution in [-0.2, 0) is 6.42 Å². The third-order valence-corrected chi connectivity index (χ3v) is 4.25. The van der Waals surface area contributed by atoms with Gasteiger partial charge in [-0.05, 0) is 36.8 Å². The van der Waals surface area contributed by atoms with Crippen LogP contribution in [0.25, 0.3) is 17.8 Å². The third-order valence-electron chi connectivity index (χ3n) is 4.25. The summed E-state index contributed by atoms with van der Waals surface area (Å²) in [7, 11) is 0. The van der Waals surface area contributed by atoms with Crippen LogP contribution in [-0.4, -0.2) is 27.1 Å². The van der Waals surface area contributed by atoms with Crippen LogP contribution >= 0.6 is 0 Å². The van der Waals surface area contributed by atoms with E-state index >= 15 is 0 Å². The van der Waals surface area contributed by atoms with Gasteiger partial charge in [0.25, 0.3) is 5.56 Å². The third kappa shape index (κ3) is 3.86. The number of hydrogen-bond donors (Lipinski definition) is 1. The Bertz CT molecular complexity index is 1130. The molecule has 0 aliphatic heterocycles. The van der Waals surface area contributed by atoms with Gasteiger partial charge in [0, 0.05) is 17.3 Å². The van der Waals surface area contributed by atoms with Crippen molar-refractivity contribution in [2.75, 3.05) is 6.61 Å². The summed E-state index contributed by atoms with van der Waals surface area (Å²) >= 11 is 0. The molecule has 0 aliphatic carbocycles. The van der Waals surface area contributed by atoms with Gasteiger partial charge in [-0.1, -0.05) is 37.8 Å². The Morgan fingerprint density at radius 1 is 1.25 bits per heavy atom. The van der Waals surface area contributed by atoms with Gasteiger partial charge in [0.2, 0.25) is 0 Å². The molecule has 0 saturated heterocycles. The first kappa shape index (κ1) is 19.1. The molecular formula is C22H20N2O4. The quantitative estimate of drug-likeness (QED) is 0.636. The van der Waals surface area contributed by atoms with Gasteiger partial charge in [0.1, 0.15) is 18.0 Å². The van der Waals surface area contributed by atoms with Crippen LogP contribution in [0, 0.1) is 0 Å². The lowest BCUT2D eigenvalue weighted by Crippen LogP contribution is -2.22. The number of carboxylic acids is 1. The minimum Gasteiger partial charge on any atom is -0.489 e. The molecule has 1 aromatic carbocycles. The van der Waals surface area contributed by atoms with E-state index in [9.17, 15) is 9.59 Å². The Morgan fingerprint density at radius 3 is 2.75 bits per heavy atom. The van der Waals surface area contributed by atoms with E-state index in [2.05, 4.69) is 11.6 Å². The number of carbonyl (C=O) groups is 1. The topological polar surface area (TPSA) is 80.9 Å². The average Bonchev–Trinajstić information content (AvgIpc) is 2.71. The van der Waals surface area contributed by atoms with Crippen molar-refractivity contribution < 1.29 is 14.6 Å². The minimum atomic E-state index is -1.09. The number of pyridine rings is 1. The molecule has 0 unspecified atom stereocenters. The molecule has 0 radical (unpaired) electrons. The number of para-hydroxylation sites is 1. The van der Waals surface area contributed by atoms with E-state index in [1.54, 1.807) is 12.2 Å². The molecular weight excluding hydrogens is 356 g/mol. The molecule has 0 atom stereocenters. The summed E-state index contributed by atoms with van der Waals surface area (Å²) in [5.41, 5.74) is 2.08. The SMILES string of the molecule is C=CCOc1ccccc1/C=C/c1nc2ccc(C(=O)O)cn2c(=O)c1CC. The fourth-order valence-electron chi connectivity index (χ4n) is 2.86. The highest BCUT2D eigenvalue weighted by Gasteiger charge is 2.12. The van der Waals surface area contributed by atoms with Crippen LogP contribution in [0.3, 0.4) is 0 Å². The van der Waals surface area contributed by atoms with Gasteiger partial charge in [-0.25, -0.2) is 9.78 Å². The van der Waals surface area contributed by atoms with Gasteiger partial charge in [-0.3, -0.25) is 9.20 Å². The van der Waals surface area contributed by atoms with Gasteiger partial charge in [-0.2, -0.15) is 0 Å². The number of benzene rings is 1. The van der Waals surface area contributed by atoms with Gasteiger partial charge in [0.05, 0.1) is 11.3 Å². The van der Waals surface area contributed by atoms with Crippen molar-refractivity contribution in [3.63, 3.8) is 0 Å². The molecule has 0 spiro atoms. The molecule has 0 amide bonds. The fraction of sp³-hybridized carbons (Fsp3) is 0.136. The Morgan fingerprint density at radius 2 is 2.04 bits per heavy atom. The highest BCUT2D eigenvalue weighted by Crippen LogP contribution is 2.21.